The number of carbonyl (C=O) groups excluding carboxylic acids is 1. The predicted octanol–water partition coefficient (Wildman–Crippen LogP) is 3.62. The lowest BCUT2D eigenvalue weighted by molar-refractivity contribution is -0.127. The lowest BCUT2D eigenvalue weighted by Crippen LogP contribution is -2.40. The minimum absolute atomic E-state index is 0.0305. The van der Waals surface area contributed by atoms with E-state index in [1.807, 2.05) is 32.0 Å². The first-order chi connectivity index (χ1) is 14.8. The Bertz CT molecular complexity index is 951. The van der Waals surface area contributed by atoms with Gasteiger partial charge in [0.25, 0.3) is 5.91 Å². The van der Waals surface area contributed by atoms with Crippen LogP contribution in [0.2, 0.25) is 0 Å². The zero-order valence-corrected chi connectivity index (χ0v) is 19.3. The molecule has 1 fully saturated rings. The van der Waals surface area contributed by atoms with Gasteiger partial charge in [0, 0.05) is 19.1 Å². The van der Waals surface area contributed by atoms with E-state index in [2.05, 4.69) is 17.4 Å². The molecule has 1 saturated heterocycles. The normalized spacial score (nSPS) is 16.8. The van der Waals surface area contributed by atoms with Crippen LogP contribution < -0.4 is 10.1 Å². The predicted molar refractivity (Wildman–Crippen MR) is 121 cm³/mol. The van der Waals surface area contributed by atoms with Gasteiger partial charge in [0.1, 0.15) is 5.75 Å². The van der Waals surface area contributed by atoms with Crippen molar-refractivity contribution in [2.45, 2.75) is 57.1 Å². The summed E-state index contributed by atoms with van der Waals surface area (Å²) in [4.78, 5) is 12.2. The first-order valence-electron chi connectivity index (χ1n) is 10.9. The van der Waals surface area contributed by atoms with Crippen LogP contribution in [0.15, 0.2) is 59.5 Å². The summed E-state index contributed by atoms with van der Waals surface area (Å²) in [5.74, 6) is 0.764. The van der Waals surface area contributed by atoms with E-state index in [1.54, 1.807) is 35.5 Å². The molecule has 2 aromatic rings. The molecule has 168 valence electrons. The summed E-state index contributed by atoms with van der Waals surface area (Å²) in [5.41, 5.74) is 1.30. The third-order valence-electron chi connectivity index (χ3n) is 5.52. The van der Waals surface area contributed by atoms with Crippen LogP contribution in [-0.4, -0.2) is 43.9 Å². The number of rotatable bonds is 8. The molecular formula is C24H32N2O4S. The highest BCUT2D eigenvalue weighted by Crippen LogP contribution is 2.27. The highest BCUT2D eigenvalue weighted by molar-refractivity contribution is 7.89. The SMILES string of the molecule is CC(C)NC(=O)[C@H](C)Oc1ccc(S(=O)(=O)N2CCC(Cc3ccccc3)CC2)cc1. The molecule has 2 aromatic carbocycles. The van der Waals surface area contributed by atoms with Crippen molar-refractivity contribution in [2.24, 2.45) is 5.92 Å². The number of nitrogens with one attached hydrogen (secondary N) is 1. The van der Waals surface area contributed by atoms with Gasteiger partial charge in [-0.1, -0.05) is 30.3 Å². The second-order valence-electron chi connectivity index (χ2n) is 8.43. The smallest absolute Gasteiger partial charge is 0.260 e. The van der Waals surface area contributed by atoms with Crippen LogP contribution in [0.3, 0.4) is 0 Å². The van der Waals surface area contributed by atoms with Gasteiger partial charge in [0.15, 0.2) is 6.10 Å². The summed E-state index contributed by atoms with van der Waals surface area (Å²) in [6.45, 7) is 6.50. The van der Waals surface area contributed by atoms with E-state index < -0.39 is 16.1 Å². The molecule has 1 amide bonds. The number of hydrogen-bond acceptors (Lipinski definition) is 4. The first kappa shape index (κ1) is 23.3. The lowest BCUT2D eigenvalue weighted by atomic mass is 9.91. The van der Waals surface area contributed by atoms with Gasteiger partial charge in [-0.05, 0) is 75.8 Å². The van der Waals surface area contributed by atoms with Crippen LogP contribution in [0.25, 0.3) is 0 Å². The Morgan fingerprint density at radius 2 is 1.65 bits per heavy atom. The van der Waals surface area contributed by atoms with Gasteiger partial charge in [-0.15, -0.1) is 0 Å². The van der Waals surface area contributed by atoms with Crippen molar-refractivity contribution in [1.29, 1.82) is 0 Å². The van der Waals surface area contributed by atoms with E-state index in [1.165, 1.54) is 5.56 Å². The Morgan fingerprint density at radius 1 is 1.03 bits per heavy atom. The average molecular weight is 445 g/mol. The number of piperidine rings is 1. The second-order valence-corrected chi connectivity index (χ2v) is 10.4. The van der Waals surface area contributed by atoms with Gasteiger partial charge in [-0.3, -0.25) is 4.79 Å². The topological polar surface area (TPSA) is 75.7 Å². The Hall–Kier alpha value is -2.38. The highest BCUT2D eigenvalue weighted by Gasteiger charge is 2.29. The molecule has 1 aliphatic rings. The summed E-state index contributed by atoms with van der Waals surface area (Å²) >= 11 is 0. The number of sulfonamides is 1. The van der Waals surface area contributed by atoms with Gasteiger partial charge in [0.2, 0.25) is 10.0 Å². The van der Waals surface area contributed by atoms with Crippen LogP contribution in [0.4, 0.5) is 0 Å². The van der Waals surface area contributed by atoms with Crippen LogP contribution in [0.5, 0.6) is 5.75 Å². The molecule has 0 saturated carbocycles. The second kappa shape index (κ2) is 10.3. The maximum absolute atomic E-state index is 13.0. The number of benzene rings is 2. The quantitative estimate of drug-likeness (QED) is 0.675. The number of amides is 1. The number of ether oxygens (including phenoxy) is 1. The van der Waals surface area contributed by atoms with E-state index in [-0.39, 0.29) is 16.8 Å². The van der Waals surface area contributed by atoms with Crippen molar-refractivity contribution in [3.63, 3.8) is 0 Å². The summed E-state index contributed by atoms with van der Waals surface area (Å²) < 4.78 is 33.3. The molecule has 1 aliphatic heterocycles. The molecule has 0 unspecified atom stereocenters. The largest absolute Gasteiger partial charge is 0.481 e. The van der Waals surface area contributed by atoms with Crippen LogP contribution in [0.1, 0.15) is 39.2 Å². The fourth-order valence-corrected chi connectivity index (χ4v) is 5.27. The van der Waals surface area contributed by atoms with Crippen LogP contribution >= 0.6 is 0 Å². The molecule has 1 heterocycles. The van der Waals surface area contributed by atoms with E-state index in [9.17, 15) is 13.2 Å². The minimum Gasteiger partial charge on any atom is -0.481 e. The molecule has 0 spiro atoms. The standard InChI is InChI=1S/C24H32N2O4S/c1-18(2)25-24(27)19(3)30-22-9-11-23(12-10-22)31(28,29)26-15-13-21(14-16-26)17-20-7-5-4-6-8-20/h4-12,18-19,21H,13-17H2,1-3H3,(H,25,27)/t19-/m0/s1. The van der Waals surface area contributed by atoms with E-state index >= 15 is 0 Å². The zero-order valence-electron chi connectivity index (χ0n) is 18.5. The van der Waals surface area contributed by atoms with Crippen molar-refractivity contribution < 1.29 is 17.9 Å². The van der Waals surface area contributed by atoms with Crippen LogP contribution in [-0.2, 0) is 21.2 Å². The van der Waals surface area contributed by atoms with Gasteiger partial charge in [-0.25, -0.2) is 8.42 Å². The molecule has 1 N–H and O–H groups in total. The third kappa shape index (κ3) is 6.31. The molecular weight excluding hydrogens is 412 g/mol. The summed E-state index contributed by atoms with van der Waals surface area (Å²) in [6, 6.07) is 16.7. The maximum Gasteiger partial charge on any atom is 0.260 e. The van der Waals surface area contributed by atoms with E-state index in [0.29, 0.717) is 24.8 Å². The Balaban J connectivity index is 1.56. The lowest BCUT2D eigenvalue weighted by Gasteiger charge is -2.31. The molecule has 3 rings (SSSR count). The van der Waals surface area contributed by atoms with E-state index in [0.717, 1.165) is 19.3 Å². The molecule has 1 atom stereocenters. The molecule has 31 heavy (non-hydrogen) atoms. The minimum atomic E-state index is -3.54. The zero-order chi connectivity index (χ0) is 22.4. The highest BCUT2D eigenvalue weighted by atomic mass is 32.2. The molecule has 0 aromatic heterocycles. The van der Waals surface area contributed by atoms with Crippen molar-refractivity contribution in [1.82, 2.24) is 9.62 Å². The molecule has 7 heteroatoms. The maximum atomic E-state index is 13.0. The van der Waals surface area contributed by atoms with Crippen molar-refractivity contribution in [2.75, 3.05) is 13.1 Å². The summed E-state index contributed by atoms with van der Waals surface area (Å²) in [5, 5.41) is 2.79. The summed E-state index contributed by atoms with van der Waals surface area (Å²) in [7, 11) is -3.54. The average Bonchev–Trinajstić information content (AvgIpc) is 2.75. The Kier molecular flexibility index (Phi) is 7.73. The molecule has 0 aliphatic carbocycles. The van der Waals surface area contributed by atoms with Crippen molar-refractivity contribution in [3.8, 4) is 5.75 Å². The van der Waals surface area contributed by atoms with E-state index in [4.69, 9.17) is 4.74 Å². The fourth-order valence-electron chi connectivity index (χ4n) is 3.80. The van der Waals surface area contributed by atoms with Crippen molar-refractivity contribution in [3.05, 3.63) is 60.2 Å². The first-order valence-corrected chi connectivity index (χ1v) is 12.3. The van der Waals surface area contributed by atoms with Gasteiger partial charge in [-0.2, -0.15) is 4.31 Å². The summed E-state index contributed by atoms with van der Waals surface area (Å²) in [6.07, 6.45) is 2.05. The Labute approximate surface area is 185 Å². The molecule has 0 radical (unpaired) electrons. The number of carbonyl (C=O) groups is 1. The number of nitrogens with zero attached hydrogens (tertiary/aromatic N) is 1. The van der Waals surface area contributed by atoms with Gasteiger partial charge >= 0.3 is 0 Å². The molecule has 0 bridgehead atoms. The third-order valence-corrected chi connectivity index (χ3v) is 7.43. The van der Waals surface area contributed by atoms with Gasteiger partial charge < -0.3 is 10.1 Å². The number of hydrogen-bond donors (Lipinski definition) is 1. The molecule has 6 nitrogen and oxygen atoms in total. The van der Waals surface area contributed by atoms with Crippen LogP contribution in [0, 0.1) is 5.92 Å². The monoisotopic (exact) mass is 444 g/mol. The van der Waals surface area contributed by atoms with Crippen molar-refractivity contribution >= 4 is 15.9 Å². The van der Waals surface area contributed by atoms with Gasteiger partial charge in [0.05, 0.1) is 4.90 Å². The fraction of sp³-hybridized carbons (Fsp3) is 0.458. The Morgan fingerprint density at radius 3 is 2.23 bits per heavy atom.